The zero-order valence-corrected chi connectivity index (χ0v) is 9.34. The summed E-state index contributed by atoms with van der Waals surface area (Å²) in [5, 5.41) is 11.5. The molecule has 0 atom stereocenters. The van der Waals surface area contributed by atoms with Gasteiger partial charge in [-0.05, 0) is 6.92 Å². The molecule has 2 heterocycles. The number of hydrogen-bond acceptors (Lipinski definition) is 5. The Labute approximate surface area is 95.4 Å². The molecule has 1 N–H and O–H groups in total. The molecule has 2 rings (SSSR count). The number of nitrogens with one attached hydrogen (secondary N) is 1. The van der Waals surface area contributed by atoms with E-state index in [-0.39, 0.29) is 5.56 Å². The predicted molar refractivity (Wildman–Crippen MR) is 59.2 cm³/mol. The minimum absolute atomic E-state index is 0.0261. The van der Waals surface area contributed by atoms with Gasteiger partial charge in [0.1, 0.15) is 17.5 Å². The third-order valence-corrected chi connectivity index (χ3v) is 2.81. The number of aryl methyl sites for hydroxylation is 1. The summed E-state index contributed by atoms with van der Waals surface area (Å²) in [5.41, 5.74) is 0.494. The molecule has 0 aliphatic rings. The summed E-state index contributed by atoms with van der Waals surface area (Å²) in [6.45, 7) is 1.92. The molecule has 0 saturated heterocycles. The first-order chi connectivity index (χ1) is 7.69. The van der Waals surface area contributed by atoms with Crippen LogP contribution < -0.4 is 5.56 Å². The number of aromatic nitrogens is 3. The Balaban J connectivity index is 2.27. The van der Waals surface area contributed by atoms with E-state index in [2.05, 4.69) is 15.0 Å². The van der Waals surface area contributed by atoms with Gasteiger partial charge < -0.3 is 4.98 Å². The van der Waals surface area contributed by atoms with Crippen LogP contribution in [0.4, 0.5) is 0 Å². The summed E-state index contributed by atoms with van der Waals surface area (Å²) >= 11 is 1.55. The molecule has 6 heteroatoms. The van der Waals surface area contributed by atoms with E-state index < -0.39 is 5.56 Å². The highest BCUT2D eigenvalue weighted by Crippen LogP contribution is 2.10. The molecule has 0 amide bonds. The third kappa shape index (κ3) is 2.15. The quantitative estimate of drug-likeness (QED) is 0.837. The van der Waals surface area contributed by atoms with Crippen LogP contribution in [0.2, 0.25) is 0 Å². The van der Waals surface area contributed by atoms with Gasteiger partial charge in [0.2, 0.25) is 0 Å². The average Bonchev–Trinajstić information content (AvgIpc) is 2.64. The minimum Gasteiger partial charge on any atom is -0.309 e. The maximum Gasteiger partial charge on any atom is 0.268 e. The van der Waals surface area contributed by atoms with Crippen LogP contribution >= 0.6 is 11.3 Å². The Hall–Kier alpha value is -2.00. The van der Waals surface area contributed by atoms with E-state index in [1.54, 1.807) is 17.4 Å². The number of rotatable bonds is 2. The molecule has 2 aromatic rings. The Bertz CT molecular complexity index is 608. The van der Waals surface area contributed by atoms with Gasteiger partial charge in [-0.2, -0.15) is 5.26 Å². The van der Waals surface area contributed by atoms with E-state index in [0.29, 0.717) is 12.2 Å². The first-order valence-electron chi connectivity index (χ1n) is 4.58. The van der Waals surface area contributed by atoms with Gasteiger partial charge >= 0.3 is 0 Å². The van der Waals surface area contributed by atoms with Crippen molar-refractivity contribution in [3.63, 3.8) is 0 Å². The fraction of sp³-hybridized carbons (Fsp3) is 0.200. The van der Waals surface area contributed by atoms with Crippen molar-refractivity contribution in [1.29, 1.82) is 5.26 Å². The van der Waals surface area contributed by atoms with Gasteiger partial charge in [0.25, 0.3) is 5.56 Å². The van der Waals surface area contributed by atoms with Gasteiger partial charge in [0.05, 0.1) is 16.9 Å². The van der Waals surface area contributed by atoms with Crippen LogP contribution in [0.25, 0.3) is 0 Å². The smallest absolute Gasteiger partial charge is 0.268 e. The zero-order valence-electron chi connectivity index (χ0n) is 8.52. The molecular weight excluding hydrogens is 224 g/mol. The molecule has 80 valence electrons. The van der Waals surface area contributed by atoms with Crippen LogP contribution in [0.5, 0.6) is 0 Å². The second-order valence-electron chi connectivity index (χ2n) is 3.22. The average molecular weight is 232 g/mol. The van der Waals surface area contributed by atoms with Crippen LogP contribution in [0.1, 0.15) is 22.1 Å². The number of thiazole rings is 1. The summed E-state index contributed by atoms with van der Waals surface area (Å²) in [6, 6.07) is 1.77. The van der Waals surface area contributed by atoms with E-state index >= 15 is 0 Å². The normalized spacial score (nSPS) is 10.0. The zero-order chi connectivity index (χ0) is 11.5. The SMILES string of the molecule is Cc1nc(Cc2ncc(C#N)c(=O)[nH]2)cs1. The number of aromatic amines is 1. The van der Waals surface area contributed by atoms with E-state index in [1.807, 2.05) is 12.3 Å². The lowest BCUT2D eigenvalue weighted by Gasteiger charge is -1.96. The fourth-order valence-electron chi connectivity index (χ4n) is 1.26. The number of hydrogen-bond donors (Lipinski definition) is 1. The standard InChI is InChI=1S/C10H8N4OS/c1-6-13-8(5-16-6)2-9-12-4-7(3-11)10(15)14-9/h4-5H,2H2,1H3,(H,12,14,15). The molecule has 0 bridgehead atoms. The predicted octanol–water partition coefficient (Wildman–Crippen LogP) is 0.997. The van der Waals surface area contributed by atoms with Crippen molar-refractivity contribution >= 4 is 11.3 Å². The lowest BCUT2D eigenvalue weighted by molar-refractivity contribution is 0.917. The fourth-order valence-corrected chi connectivity index (χ4v) is 1.87. The molecule has 0 spiro atoms. The lowest BCUT2D eigenvalue weighted by Crippen LogP contribution is -2.14. The lowest BCUT2D eigenvalue weighted by atomic mass is 10.3. The molecule has 5 nitrogen and oxygen atoms in total. The molecule has 0 unspecified atom stereocenters. The first kappa shape index (κ1) is 10.5. The van der Waals surface area contributed by atoms with Gasteiger partial charge in [0, 0.05) is 11.8 Å². The number of nitrogens with zero attached hydrogens (tertiary/aromatic N) is 3. The summed E-state index contributed by atoms with van der Waals surface area (Å²) < 4.78 is 0. The highest BCUT2D eigenvalue weighted by Gasteiger charge is 2.04. The Kier molecular flexibility index (Phi) is 2.79. The maximum atomic E-state index is 11.3. The van der Waals surface area contributed by atoms with E-state index in [0.717, 1.165) is 10.7 Å². The van der Waals surface area contributed by atoms with Gasteiger partial charge in [-0.1, -0.05) is 0 Å². The number of nitriles is 1. The van der Waals surface area contributed by atoms with E-state index in [4.69, 9.17) is 5.26 Å². The minimum atomic E-state index is -0.403. The highest BCUT2D eigenvalue weighted by atomic mass is 32.1. The van der Waals surface area contributed by atoms with Crippen LogP contribution in [-0.4, -0.2) is 15.0 Å². The molecule has 0 aliphatic carbocycles. The van der Waals surface area contributed by atoms with Crippen LogP contribution in [0, 0.1) is 18.3 Å². The molecular formula is C10H8N4OS. The maximum absolute atomic E-state index is 11.3. The highest BCUT2D eigenvalue weighted by molar-refractivity contribution is 7.09. The summed E-state index contributed by atoms with van der Waals surface area (Å²) in [7, 11) is 0. The van der Waals surface area contributed by atoms with Crippen LogP contribution in [-0.2, 0) is 6.42 Å². The van der Waals surface area contributed by atoms with Crippen molar-refractivity contribution < 1.29 is 0 Å². The summed E-state index contributed by atoms with van der Waals surface area (Å²) in [4.78, 5) is 22.2. The summed E-state index contributed by atoms with van der Waals surface area (Å²) in [6.07, 6.45) is 1.76. The van der Waals surface area contributed by atoms with Gasteiger partial charge in [-0.25, -0.2) is 9.97 Å². The number of H-pyrrole nitrogens is 1. The Morgan fingerprint density at radius 2 is 2.44 bits per heavy atom. The monoisotopic (exact) mass is 232 g/mol. The first-order valence-corrected chi connectivity index (χ1v) is 5.46. The molecule has 0 aromatic carbocycles. The molecule has 0 aliphatic heterocycles. The van der Waals surface area contributed by atoms with Crippen LogP contribution in [0.3, 0.4) is 0 Å². The van der Waals surface area contributed by atoms with Gasteiger partial charge in [-0.3, -0.25) is 4.79 Å². The van der Waals surface area contributed by atoms with E-state index in [1.165, 1.54) is 6.20 Å². The topological polar surface area (TPSA) is 82.4 Å². The molecule has 16 heavy (non-hydrogen) atoms. The summed E-state index contributed by atoms with van der Waals surface area (Å²) in [5.74, 6) is 0.523. The Morgan fingerprint density at radius 3 is 3.00 bits per heavy atom. The molecule has 2 aromatic heterocycles. The van der Waals surface area contributed by atoms with Gasteiger partial charge in [0.15, 0.2) is 0 Å². The second kappa shape index (κ2) is 4.24. The third-order valence-electron chi connectivity index (χ3n) is 1.99. The van der Waals surface area contributed by atoms with Crippen molar-refractivity contribution in [2.45, 2.75) is 13.3 Å². The van der Waals surface area contributed by atoms with Crippen molar-refractivity contribution in [2.24, 2.45) is 0 Å². The van der Waals surface area contributed by atoms with Gasteiger partial charge in [-0.15, -0.1) is 11.3 Å². The Morgan fingerprint density at radius 1 is 1.62 bits per heavy atom. The van der Waals surface area contributed by atoms with E-state index in [9.17, 15) is 4.79 Å². The van der Waals surface area contributed by atoms with Crippen molar-refractivity contribution in [2.75, 3.05) is 0 Å². The molecule has 0 saturated carbocycles. The van der Waals surface area contributed by atoms with Crippen LogP contribution in [0.15, 0.2) is 16.4 Å². The largest absolute Gasteiger partial charge is 0.309 e. The van der Waals surface area contributed by atoms with Crippen molar-refractivity contribution in [3.05, 3.63) is 44.0 Å². The second-order valence-corrected chi connectivity index (χ2v) is 4.28. The van der Waals surface area contributed by atoms with Crippen molar-refractivity contribution in [1.82, 2.24) is 15.0 Å². The molecule has 0 fully saturated rings. The van der Waals surface area contributed by atoms with Crippen molar-refractivity contribution in [3.8, 4) is 6.07 Å². The molecule has 0 radical (unpaired) electrons.